The number of imidazole rings is 1. The summed E-state index contributed by atoms with van der Waals surface area (Å²) in [5.74, 6) is -0.424. The van der Waals surface area contributed by atoms with Gasteiger partial charge in [-0.05, 0) is 6.07 Å². The van der Waals surface area contributed by atoms with E-state index < -0.39 is 5.82 Å². The Morgan fingerprint density at radius 2 is 2.42 bits per heavy atom. The molecule has 0 fully saturated rings. The molecule has 0 N–H and O–H groups in total. The summed E-state index contributed by atoms with van der Waals surface area (Å²) < 4.78 is 14.5. The summed E-state index contributed by atoms with van der Waals surface area (Å²) in [5.41, 5.74) is 0.673. The number of aromatic nitrogens is 2. The fourth-order valence-electron chi connectivity index (χ4n) is 1.05. The van der Waals surface area contributed by atoms with E-state index in [0.717, 1.165) is 0 Å². The van der Waals surface area contributed by atoms with E-state index >= 15 is 0 Å². The van der Waals surface area contributed by atoms with Gasteiger partial charge in [0, 0.05) is 6.20 Å². The van der Waals surface area contributed by atoms with Gasteiger partial charge in [0.25, 0.3) is 0 Å². The molecule has 58 valence electrons. The number of pyridine rings is 1. The smallest absolute Gasteiger partial charge is 0.150 e. The van der Waals surface area contributed by atoms with Gasteiger partial charge in [0.15, 0.2) is 0 Å². The maximum atomic E-state index is 13.1. The molecule has 0 aliphatic heterocycles. The quantitative estimate of drug-likeness (QED) is 0.585. The minimum absolute atomic E-state index is 0.290. The molecule has 0 saturated carbocycles. The van der Waals surface area contributed by atoms with Crippen molar-refractivity contribution in [2.45, 2.75) is 0 Å². The zero-order valence-corrected chi connectivity index (χ0v) is 6.03. The summed E-state index contributed by atoms with van der Waals surface area (Å²) >= 11 is 0. The van der Waals surface area contributed by atoms with Crippen molar-refractivity contribution >= 4 is 5.52 Å². The number of nitriles is 1. The van der Waals surface area contributed by atoms with Crippen LogP contribution in [0.1, 0.15) is 5.56 Å². The summed E-state index contributed by atoms with van der Waals surface area (Å²) in [7, 11) is 0. The zero-order valence-electron chi connectivity index (χ0n) is 6.03. The Kier molecular flexibility index (Phi) is 1.31. The number of halogens is 1. The summed E-state index contributed by atoms with van der Waals surface area (Å²) in [6.07, 6.45) is 4.40. The molecule has 0 aliphatic carbocycles. The average molecular weight is 161 g/mol. The van der Waals surface area contributed by atoms with E-state index in [1.165, 1.54) is 29.2 Å². The van der Waals surface area contributed by atoms with Crippen LogP contribution in [0, 0.1) is 17.1 Å². The molecule has 2 heterocycles. The first kappa shape index (κ1) is 6.80. The van der Waals surface area contributed by atoms with Gasteiger partial charge in [0.05, 0.1) is 18.1 Å². The maximum Gasteiger partial charge on any atom is 0.150 e. The van der Waals surface area contributed by atoms with Gasteiger partial charge in [-0.1, -0.05) is 0 Å². The third-order valence-corrected chi connectivity index (χ3v) is 1.60. The molecule has 2 aromatic rings. The highest BCUT2D eigenvalue weighted by atomic mass is 19.1. The third kappa shape index (κ3) is 0.839. The largest absolute Gasteiger partial charge is 0.302 e. The lowest BCUT2D eigenvalue weighted by Crippen LogP contribution is -1.88. The van der Waals surface area contributed by atoms with Crippen molar-refractivity contribution in [3.8, 4) is 6.07 Å². The monoisotopic (exact) mass is 161 g/mol. The molecule has 3 nitrogen and oxygen atoms in total. The molecular formula is C8H4FN3. The topological polar surface area (TPSA) is 41.1 Å². The summed E-state index contributed by atoms with van der Waals surface area (Å²) in [4.78, 5) is 3.75. The van der Waals surface area contributed by atoms with Crippen LogP contribution in [0.2, 0.25) is 0 Å². The molecule has 0 aromatic carbocycles. The van der Waals surface area contributed by atoms with Gasteiger partial charge in [0.1, 0.15) is 17.4 Å². The molecule has 0 radical (unpaired) electrons. The van der Waals surface area contributed by atoms with Gasteiger partial charge in [-0.2, -0.15) is 5.26 Å². The fraction of sp³-hybridized carbons (Fsp3) is 0. The predicted octanol–water partition coefficient (Wildman–Crippen LogP) is 1.35. The second-order valence-electron chi connectivity index (χ2n) is 2.37. The zero-order chi connectivity index (χ0) is 8.55. The minimum Gasteiger partial charge on any atom is -0.302 e. The summed E-state index contributed by atoms with van der Waals surface area (Å²) in [6, 6.07) is 3.05. The highest BCUT2D eigenvalue weighted by Gasteiger charge is 2.02. The number of hydrogen-bond acceptors (Lipinski definition) is 2. The standard InChI is InChI=1S/C8H4FN3/c9-7-1-6(2-10)4-12-5-11-3-8(7)12/h1,3-5H. The highest BCUT2D eigenvalue weighted by Crippen LogP contribution is 2.10. The Bertz CT molecular complexity index is 467. The fourth-order valence-corrected chi connectivity index (χ4v) is 1.05. The lowest BCUT2D eigenvalue weighted by Gasteiger charge is -1.94. The van der Waals surface area contributed by atoms with Crippen LogP contribution in [-0.2, 0) is 0 Å². The van der Waals surface area contributed by atoms with E-state index in [4.69, 9.17) is 5.26 Å². The van der Waals surface area contributed by atoms with Gasteiger partial charge in [-0.25, -0.2) is 9.37 Å². The van der Waals surface area contributed by atoms with Crippen LogP contribution in [0.15, 0.2) is 24.8 Å². The van der Waals surface area contributed by atoms with Gasteiger partial charge in [-0.15, -0.1) is 0 Å². The molecule has 0 unspecified atom stereocenters. The summed E-state index contributed by atoms with van der Waals surface area (Å²) in [5, 5.41) is 8.51. The van der Waals surface area contributed by atoms with E-state index in [9.17, 15) is 4.39 Å². The Hall–Kier alpha value is -1.89. The van der Waals surface area contributed by atoms with Crippen LogP contribution in [0.3, 0.4) is 0 Å². The van der Waals surface area contributed by atoms with Gasteiger partial charge in [-0.3, -0.25) is 0 Å². The second-order valence-corrected chi connectivity index (χ2v) is 2.37. The molecule has 0 atom stereocenters. The van der Waals surface area contributed by atoms with Crippen LogP contribution in [-0.4, -0.2) is 9.38 Å². The van der Waals surface area contributed by atoms with E-state index in [2.05, 4.69) is 4.98 Å². The molecule has 2 rings (SSSR count). The highest BCUT2D eigenvalue weighted by molar-refractivity contribution is 5.49. The maximum absolute atomic E-state index is 13.1. The van der Waals surface area contributed by atoms with Crippen LogP contribution >= 0.6 is 0 Å². The molecule has 0 saturated heterocycles. The molecule has 0 aliphatic rings. The van der Waals surface area contributed by atoms with Crippen molar-refractivity contribution in [2.75, 3.05) is 0 Å². The molecular weight excluding hydrogens is 157 g/mol. The van der Waals surface area contributed by atoms with Crippen LogP contribution in [0.25, 0.3) is 5.52 Å². The van der Waals surface area contributed by atoms with E-state index in [-0.39, 0.29) is 5.56 Å². The minimum atomic E-state index is -0.424. The number of fused-ring (bicyclic) bond motifs is 1. The van der Waals surface area contributed by atoms with E-state index in [1.807, 2.05) is 6.07 Å². The lowest BCUT2D eigenvalue weighted by atomic mass is 10.3. The van der Waals surface area contributed by atoms with E-state index in [1.54, 1.807) is 0 Å². The predicted molar refractivity (Wildman–Crippen MR) is 39.9 cm³/mol. The molecule has 12 heavy (non-hydrogen) atoms. The number of rotatable bonds is 0. The molecule has 2 aromatic heterocycles. The first-order valence-corrected chi connectivity index (χ1v) is 3.32. The van der Waals surface area contributed by atoms with Crippen molar-refractivity contribution in [3.05, 3.63) is 36.2 Å². The second kappa shape index (κ2) is 2.31. The Morgan fingerprint density at radius 3 is 3.17 bits per heavy atom. The summed E-state index contributed by atoms with van der Waals surface area (Å²) in [6.45, 7) is 0. The van der Waals surface area contributed by atoms with Gasteiger partial charge in [0.2, 0.25) is 0 Å². The van der Waals surface area contributed by atoms with Crippen molar-refractivity contribution in [1.29, 1.82) is 5.26 Å². The molecule has 0 spiro atoms. The Balaban J connectivity index is 2.86. The van der Waals surface area contributed by atoms with Crippen molar-refractivity contribution < 1.29 is 4.39 Å². The Morgan fingerprint density at radius 1 is 1.58 bits per heavy atom. The van der Waals surface area contributed by atoms with Gasteiger partial charge >= 0.3 is 0 Å². The van der Waals surface area contributed by atoms with Crippen LogP contribution < -0.4 is 0 Å². The Labute approximate surface area is 67.7 Å². The lowest BCUT2D eigenvalue weighted by molar-refractivity contribution is 0.632. The third-order valence-electron chi connectivity index (χ3n) is 1.60. The van der Waals surface area contributed by atoms with Crippen molar-refractivity contribution in [2.24, 2.45) is 0 Å². The van der Waals surface area contributed by atoms with E-state index in [0.29, 0.717) is 5.52 Å². The van der Waals surface area contributed by atoms with Crippen LogP contribution in [0.5, 0.6) is 0 Å². The van der Waals surface area contributed by atoms with Gasteiger partial charge < -0.3 is 4.40 Å². The first-order valence-electron chi connectivity index (χ1n) is 3.32. The number of hydrogen-bond donors (Lipinski definition) is 0. The normalized spacial score (nSPS) is 10.0. The van der Waals surface area contributed by atoms with Crippen LogP contribution in [0.4, 0.5) is 4.39 Å². The van der Waals surface area contributed by atoms with Crippen molar-refractivity contribution in [1.82, 2.24) is 9.38 Å². The number of nitrogens with zero attached hydrogens (tertiary/aromatic N) is 3. The molecule has 0 bridgehead atoms. The molecule has 0 amide bonds. The first-order chi connectivity index (χ1) is 5.81. The van der Waals surface area contributed by atoms with Crippen molar-refractivity contribution in [3.63, 3.8) is 0 Å². The SMILES string of the molecule is N#Cc1cc(F)c2cncn2c1. The average Bonchev–Trinajstić information content (AvgIpc) is 2.52. The molecule has 4 heteroatoms.